The van der Waals surface area contributed by atoms with Crippen LogP contribution in [0.15, 0.2) is 9.85 Å². The first kappa shape index (κ1) is 15.8. The van der Waals surface area contributed by atoms with Gasteiger partial charge in [0.15, 0.2) is 0 Å². The highest BCUT2D eigenvalue weighted by Gasteiger charge is 2.22. The number of rotatable bonds is 2. The lowest BCUT2D eigenvalue weighted by Gasteiger charge is -2.20. The molecular weight excluding hydrogens is 342 g/mol. The fourth-order valence-corrected chi connectivity index (χ4v) is 3.85. The van der Waals surface area contributed by atoms with Crippen molar-refractivity contribution in [3.05, 3.63) is 14.7 Å². The van der Waals surface area contributed by atoms with E-state index in [1.165, 1.54) is 4.88 Å². The molecule has 0 atom stereocenters. The Hall–Kier alpha value is -0.590. The van der Waals surface area contributed by atoms with Crippen LogP contribution >= 0.6 is 27.3 Å². The van der Waals surface area contributed by atoms with E-state index in [9.17, 15) is 4.79 Å². The molecule has 1 aliphatic heterocycles. The van der Waals surface area contributed by atoms with Gasteiger partial charge in [-0.3, -0.25) is 5.32 Å². The molecule has 0 saturated carbocycles. The average Bonchev–Trinajstić information content (AvgIpc) is 2.70. The van der Waals surface area contributed by atoms with Gasteiger partial charge in [0.25, 0.3) is 0 Å². The highest BCUT2D eigenvalue weighted by atomic mass is 79.9. The Labute approximate surface area is 132 Å². The summed E-state index contributed by atoms with van der Waals surface area (Å²) in [5.41, 5.74) is 0.293. The molecule has 1 fully saturated rings. The maximum absolute atomic E-state index is 11.8. The second kappa shape index (κ2) is 6.45. The van der Waals surface area contributed by atoms with Crippen LogP contribution in [0, 0.1) is 0 Å². The molecular formula is C14H20BrNO3S. The standard InChI is InChI=1S/C14H20BrNO3S/c1-14(2,3)19-13(17)16-10-8-11(20-12(10)15)9-4-6-18-7-5-9/h8-9H,4-7H2,1-3H3,(H,16,17). The molecule has 1 aromatic heterocycles. The first-order valence-electron chi connectivity index (χ1n) is 6.72. The lowest BCUT2D eigenvalue weighted by molar-refractivity contribution is 0.0636. The molecule has 1 aliphatic rings. The number of hydrogen-bond acceptors (Lipinski definition) is 4. The van der Waals surface area contributed by atoms with Crippen molar-refractivity contribution in [2.45, 2.75) is 45.1 Å². The first-order chi connectivity index (χ1) is 9.35. The van der Waals surface area contributed by atoms with E-state index in [1.54, 1.807) is 11.3 Å². The Bertz CT molecular complexity index is 475. The van der Waals surface area contributed by atoms with Gasteiger partial charge in [-0.1, -0.05) is 0 Å². The fourth-order valence-electron chi connectivity index (χ4n) is 2.07. The monoisotopic (exact) mass is 361 g/mol. The van der Waals surface area contributed by atoms with E-state index in [2.05, 4.69) is 21.2 Å². The molecule has 0 unspecified atom stereocenters. The summed E-state index contributed by atoms with van der Waals surface area (Å²) in [6.07, 6.45) is 1.66. The van der Waals surface area contributed by atoms with Crippen LogP contribution in [-0.2, 0) is 9.47 Å². The third-order valence-electron chi connectivity index (χ3n) is 2.97. The largest absolute Gasteiger partial charge is 0.444 e. The van der Waals surface area contributed by atoms with Crippen LogP contribution in [0.4, 0.5) is 10.5 Å². The zero-order chi connectivity index (χ0) is 14.8. The summed E-state index contributed by atoms with van der Waals surface area (Å²) >= 11 is 5.18. The summed E-state index contributed by atoms with van der Waals surface area (Å²) in [6, 6.07) is 2.04. The number of halogens is 1. The van der Waals surface area contributed by atoms with Crippen LogP contribution in [0.3, 0.4) is 0 Å². The maximum atomic E-state index is 11.8. The molecule has 1 aromatic rings. The zero-order valence-electron chi connectivity index (χ0n) is 12.0. The summed E-state index contributed by atoms with van der Waals surface area (Å²) < 4.78 is 11.6. The Morgan fingerprint density at radius 3 is 2.70 bits per heavy atom. The fraction of sp³-hybridized carbons (Fsp3) is 0.643. The van der Waals surface area contributed by atoms with Crippen LogP contribution in [0.25, 0.3) is 0 Å². The van der Waals surface area contributed by atoms with Crippen molar-refractivity contribution in [1.82, 2.24) is 0 Å². The third-order valence-corrected chi connectivity index (χ3v) is 4.96. The summed E-state index contributed by atoms with van der Waals surface area (Å²) in [4.78, 5) is 13.1. The zero-order valence-corrected chi connectivity index (χ0v) is 14.4. The van der Waals surface area contributed by atoms with Gasteiger partial charge in [0.05, 0.1) is 9.47 Å². The number of nitrogens with one attached hydrogen (secondary N) is 1. The van der Waals surface area contributed by atoms with Crippen LogP contribution in [-0.4, -0.2) is 24.9 Å². The molecule has 2 heterocycles. The summed E-state index contributed by atoms with van der Waals surface area (Å²) in [7, 11) is 0. The van der Waals surface area contributed by atoms with Crippen LogP contribution in [0.1, 0.15) is 44.4 Å². The van der Waals surface area contributed by atoms with Crippen molar-refractivity contribution in [3.63, 3.8) is 0 Å². The molecule has 0 aromatic carbocycles. The molecule has 0 radical (unpaired) electrons. The maximum Gasteiger partial charge on any atom is 0.412 e. The van der Waals surface area contributed by atoms with Crippen molar-refractivity contribution >= 4 is 39.0 Å². The van der Waals surface area contributed by atoms with Crippen LogP contribution in [0.2, 0.25) is 0 Å². The molecule has 112 valence electrons. The van der Waals surface area contributed by atoms with Gasteiger partial charge in [-0.05, 0) is 61.5 Å². The van der Waals surface area contributed by atoms with Crippen molar-refractivity contribution in [3.8, 4) is 0 Å². The van der Waals surface area contributed by atoms with Gasteiger partial charge < -0.3 is 9.47 Å². The summed E-state index contributed by atoms with van der Waals surface area (Å²) in [5.74, 6) is 0.527. The van der Waals surface area contributed by atoms with Gasteiger partial charge in [0, 0.05) is 18.1 Å². The number of anilines is 1. The number of carbonyl (C=O) groups excluding carboxylic acids is 1. The number of amides is 1. The number of ether oxygens (including phenoxy) is 2. The van der Waals surface area contributed by atoms with Gasteiger partial charge >= 0.3 is 6.09 Å². The summed E-state index contributed by atoms with van der Waals surface area (Å²) in [6.45, 7) is 7.18. The molecule has 0 aliphatic carbocycles. The predicted molar refractivity (Wildman–Crippen MR) is 84.7 cm³/mol. The third kappa shape index (κ3) is 4.46. The van der Waals surface area contributed by atoms with Gasteiger partial charge in [0.1, 0.15) is 5.60 Å². The van der Waals surface area contributed by atoms with E-state index in [4.69, 9.17) is 9.47 Å². The van der Waals surface area contributed by atoms with E-state index in [0.29, 0.717) is 5.92 Å². The molecule has 0 spiro atoms. The normalized spacial score (nSPS) is 17.0. The van der Waals surface area contributed by atoms with Crippen LogP contribution in [0.5, 0.6) is 0 Å². The second-order valence-electron chi connectivity index (χ2n) is 5.85. The number of thiophene rings is 1. The molecule has 1 amide bonds. The SMILES string of the molecule is CC(C)(C)OC(=O)Nc1cc(C2CCOCC2)sc1Br. The van der Waals surface area contributed by atoms with E-state index in [0.717, 1.165) is 35.5 Å². The molecule has 2 rings (SSSR count). The van der Waals surface area contributed by atoms with E-state index in [-0.39, 0.29) is 0 Å². The van der Waals surface area contributed by atoms with Gasteiger partial charge in [0.2, 0.25) is 0 Å². The van der Waals surface area contributed by atoms with Gasteiger partial charge in [-0.25, -0.2) is 4.79 Å². The minimum Gasteiger partial charge on any atom is -0.444 e. The highest BCUT2D eigenvalue weighted by molar-refractivity contribution is 9.11. The lowest BCUT2D eigenvalue weighted by atomic mass is 9.99. The Balaban J connectivity index is 2.02. The Kier molecular flexibility index (Phi) is 5.09. The molecule has 1 saturated heterocycles. The van der Waals surface area contributed by atoms with Crippen molar-refractivity contribution in [1.29, 1.82) is 0 Å². The average molecular weight is 362 g/mol. The summed E-state index contributed by atoms with van der Waals surface area (Å²) in [5, 5.41) is 2.80. The number of carbonyl (C=O) groups is 1. The first-order valence-corrected chi connectivity index (χ1v) is 8.33. The topological polar surface area (TPSA) is 47.6 Å². The van der Waals surface area contributed by atoms with Crippen molar-refractivity contribution in [2.75, 3.05) is 18.5 Å². The molecule has 6 heteroatoms. The van der Waals surface area contributed by atoms with Gasteiger partial charge in [-0.15, -0.1) is 11.3 Å². The van der Waals surface area contributed by atoms with E-state index >= 15 is 0 Å². The molecule has 4 nitrogen and oxygen atoms in total. The Morgan fingerprint density at radius 2 is 2.10 bits per heavy atom. The lowest BCUT2D eigenvalue weighted by Crippen LogP contribution is -2.27. The smallest absolute Gasteiger partial charge is 0.412 e. The van der Waals surface area contributed by atoms with Crippen LogP contribution < -0.4 is 5.32 Å². The predicted octanol–water partition coefficient (Wildman–Crippen LogP) is 4.75. The minimum atomic E-state index is -0.490. The quantitative estimate of drug-likeness (QED) is 0.826. The van der Waals surface area contributed by atoms with E-state index in [1.807, 2.05) is 26.8 Å². The molecule has 1 N–H and O–H groups in total. The minimum absolute atomic E-state index is 0.422. The molecule has 0 bridgehead atoms. The second-order valence-corrected chi connectivity index (χ2v) is 8.25. The molecule has 20 heavy (non-hydrogen) atoms. The van der Waals surface area contributed by atoms with Gasteiger partial charge in [-0.2, -0.15) is 0 Å². The van der Waals surface area contributed by atoms with Crippen molar-refractivity contribution < 1.29 is 14.3 Å². The van der Waals surface area contributed by atoms with Crippen molar-refractivity contribution in [2.24, 2.45) is 0 Å². The Morgan fingerprint density at radius 1 is 1.45 bits per heavy atom. The number of hydrogen-bond donors (Lipinski definition) is 1. The van der Waals surface area contributed by atoms with E-state index < -0.39 is 11.7 Å². The highest BCUT2D eigenvalue weighted by Crippen LogP contribution is 2.39.